The van der Waals surface area contributed by atoms with Crippen LogP contribution in [0.25, 0.3) is 77.2 Å². The minimum atomic E-state index is -1.27. The van der Waals surface area contributed by atoms with Crippen LogP contribution in [0.3, 0.4) is 0 Å². The van der Waals surface area contributed by atoms with Crippen LogP contribution in [-0.2, 0) is 0 Å². The van der Waals surface area contributed by atoms with Crippen molar-refractivity contribution in [3.05, 3.63) is 149 Å². The largest absolute Gasteiger partial charge is 0.505 e. The number of aromatic carboxylic acids is 1. The highest BCUT2D eigenvalue weighted by atomic mass is 19.1. The Kier molecular flexibility index (Phi) is 6.37. The molecule has 6 aromatic rings. The number of aromatic hydroxyl groups is 1. The molecule has 1 heterocycles. The molecule has 0 atom stereocenters. The molecule has 0 amide bonds. The molecule has 8 rings (SSSR count). The minimum Gasteiger partial charge on any atom is -0.505 e. The molecule has 7 heteroatoms. The summed E-state index contributed by atoms with van der Waals surface area (Å²) in [5.41, 5.74) is 2.76. The molecule has 6 aromatic carbocycles. The molecule has 226 valence electrons. The molecule has 0 unspecified atom stereocenters. The van der Waals surface area contributed by atoms with Gasteiger partial charge in [-0.2, -0.15) is 0 Å². The van der Waals surface area contributed by atoms with Crippen LogP contribution in [0, 0.1) is 11.6 Å². The van der Waals surface area contributed by atoms with Gasteiger partial charge in [-0.05, 0) is 73.6 Å². The first kappa shape index (κ1) is 28.2. The van der Waals surface area contributed by atoms with Gasteiger partial charge in [0.1, 0.15) is 11.3 Å². The van der Waals surface area contributed by atoms with E-state index in [1.807, 2.05) is 84.9 Å². The predicted molar refractivity (Wildman–Crippen MR) is 179 cm³/mol. The average Bonchev–Trinajstić information content (AvgIpc) is 3.08. The first-order chi connectivity index (χ1) is 22.8. The molecule has 2 aliphatic rings. The van der Waals surface area contributed by atoms with Gasteiger partial charge in [-0.3, -0.25) is 4.79 Å². The van der Waals surface area contributed by atoms with Crippen molar-refractivity contribution in [2.24, 2.45) is 0 Å². The predicted octanol–water partition coefficient (Wildman–Crippen LogP) is 9.89. The van der Waals surface area contributed by atoms with Gasteiger partial charge in [0.15, 0.2) is 17.4 Å². The number of hydrogen-bond donors (Lipinski definition) is 2. The van der Waals surface area contributed by atoms with Crippen molar-refractivity contribution in [3.8, 4) is 50.5 Å². The topological polar surface area (TPSA) is 87.7 Å². The van der Waals surface area contributed by atoms with Gasteiger partial charge < -0.3 is 14.6 Å². The van der Waals surface area contributed by atoms with E-state index in [0.717, 1.165) is 57.3 Å². The fourth-order valence-corrected chi connectivity index (χ4v) is 6.63. The molecular formula is C40H22F2O5. The summed E-state index contributed by atoms with van der Waals surface area (Å²) in [7, 11) is 0. The second-order valence-corrected chi connectivity index (χ2v) is 11.3. The third-order valence-corrected chi connectivity index (χ3v) is 8.63. The van der Waals surface area contributed by atoms with Gasteiger partial charge in [0.05, 0.1) is 5.56 Å². The van der Waals surface area contributed by atoms with Crippen molar-refractivity contribution in [2.45, 2.75) is 0 Å². The summed E-state index contributed by atoms with van der Waals surface area (Å²) >= 11 is 0. The summed E-state index contributed by atoms with van der Waals surface area (Å²) in [5.74, 6) is -4.06. The number of phenolic OH excluding ortho intramolecular Hbond substituents is 1. The summed E-state index contributed by atoms with van der Waals surface area (Å²) in [6.45, 7) is 0. The molecule has 0 saturated heterocycles. The standard InChI is InChI=1S/C40H22F2O5/c41-31-17-29-35(19-33(31)43)47-36-20-34(44)32(42)18-30(36)39(29)27-15-25-26(16-28(27)40(45)46)38(22-11-5-2-6-12-22)24-14-8-7-13-23(24)37(25)21-9-3-1-4-10-21/h1-20,43H,(H,45,46). The maximum absolute atomic E-state index is 15.0. The van der Waals surface area contributed by atoms with Crippen LogP contribution in [0.5, 0.6) is 5.75 Å². The fraction of sp³-hybridized carbons (Fsp3) is 0. The lowest BCUT2D eigenvalue weighted by Crippen LogP contribution is -2.08. The smallest absolute Gasteiger partial charge is 0.336 e. The number of benzene rings is 7. The third-order valence-electron chi connectivity index (χ3n) is 8.63. The monoisotopic (exact) mass is 620 g/mol. The second-order valence-electron chi connectivity index (χ2n) is 11.3. The van der Waals surface area contributed by atoms with E-state index in [1.165, 1.54) is 0 Å². The molecule has 0 radical (unpaired) electrons. The number of phenols is 1. The third kappa shape index (κ3) is 4.43. The Bertz CT molecular complexity index is 2590. The quantitative estimate of drug-likeness (QED) is 0.191. The van der Waals surface area contributed by atoms with E-state index in [1.54, 1.807) is 12.1 Å². The second kappa shape index (κ2) is 10.6. The van der Waals surface area contributed by atoms with Crippen LogP contribution in [0.15, 0.2) is 131 Å². The maximum Gasteiger partial charge on any atom is 0.336 e. The zero-order chi connectivity index (χ0) is 32.4. The van der Waals surface area contributed by atoms with Crippen LogP contribution in [0.2, 0.25) is 0 Å². The van der Waals surface area contributed by atoms with Crippen molar-refractivity contribution in [2.75, 3.05) is 0 Å². The summed E-state index contributed by atoms with van der Waals surface area (Å²) < 4.78 is 35.7. The normalized spacial score (nSPS) is 11.5. The summed E-state index contributed by atoms with van der Waals surface area (Å²) in [5, 5.41) is 24.2. The van der Waals surface area contributed by atoms with E-state index >= 15 is 0 Å². The molecule has 47 heavy (non-hydrogen) atoms. The molecule has 2 N–H and O–H groups in total. The summed E-state index contributed by atoms with van der Waals surface area (Å²) in [6.07, 6.45) is 0. The highest BCUT2D eigenvalue weighted by Crippen LogP contribution is 2.48. The van der Waals surface area contributed by atoms with Crippen molar-refractivity contribution >= 4 is 38.5 Å². The Morgan fingerprint density at radius 2 is 1.15 bits per heavy atom. The average molecular weight is 621 g/mol. The lowest BCUT2D eigenvalue weighted by molar-refractivity contribution is 0.0698. The van der Waals surface area contributed by atoms with Crippen LogP contribution in [0.4, 0.5) is 8.78 Å². The summed E-state index contributed by atoms with van der Waals surface area (Å²) in [4.78, 5) is 25.5. The molecule has 5 nitrogen and oxygen atoms in total. The van der Waals surface area contributed by atoms with Crippen LogP contribution < -0.4 is 5.43 Å². The van der Waals surface area contributed by atoms with E-state index < -0.39 is 28.8 Å². The van der Waals surface area contributed by atoms with Gasteiger partial charge in [-0.1, -0.05) is 84.9 Å². The highest BCUT2D eigenvalue weighted by Gasteiger charge is 2.27. The Morgan fingerprint density at radius 1 is 0.574 bits per heavy atom. The van der Waals surface area contributed by atoms with E-state index in [9.17, 15) is 28.6 Å². The van der Waals surface area contributed by atoms with Gasteiger partial charge in [-0.25, -0.2) is 13.6 Å². The fourth-order valence-electron chi connectivity index (χ4n) is 6.63. The van der Waals surface area contributed by atoms with E-state index in [-0.39, 0.29) is 39.0 Å². The number of carbonyl (C=O) groups is 1. The highest BCUT2D eigenvalue weighted by molar-refractivity contribution is 6.24. The lowest BCUT2D eigenvalue weighted by atomic mass is 9.82. The SMILES string of the molecule is O=C(O)c1cc2c(-c3ccccc3)c3ccccc3c(-c3ccccc3)c2cc1-c1c2cc(F)c(=O)cc-2oc2cc(O)c(F)cc12. The maximum atomic E-state index is 15.0. The molecule has 0 aromatic heterocycles. The number of rotatable bonds is 4. The number of fused-ring (bicyclic) bond motifs is 4. The van der Waals surface area contributed by atoms with Gasteiger partial charge in [0.2, 0.25) is 5.43 Å². The Labute approximate surface area is 265 Å². The minimum absolute atomic E-state index is 0.0133. The van der Waals surface area contributed by atoms with Crippen molar-refractivity contribution in [1.82, 2.24) is 0 Å². The van der Waals surface area contributed by atoms with Crippen LogP contribution in [0.1, 0.15) is 10.4 Å². The van der Waals surface area contributed by atoms with Gasteiger partial charge in [0.25, 0.3) is 0 Å². The number of halogens is 2. The Hall–Kier alpha value is -6.34. The Morgan fingerprint density at radius 3 is 1.74 bits per heavy atom. The molecule has 1 aliphatic heterocycles. The van der Waals surface area contributed by atoms with E-state index in [0.29, 0.717) is 10.8 Å². The van der Waals surface area contributed by atoms with E-state index in [4.69, 9.17) is 4.42 Å². The number of hydrogen-bond acceptors (Lipinski definition) is 4. The molecular weight excluding hydrogens is 598 g/mol. The van der Waals surface area contributed by atoms with Crippen molar-refractivity contribution in [3.63, 3.8) is 0 Å². The van der Waals surface area contributed by atoms with Crippen LogP contribution >= 0.6 is 0 Å². The number of carboxylic acid groups (broad SMARTS) is 1. The lowest BCUT2D eigenvalue weighted by Gasteiger charge is -2.21. The molecule has 0 spiro atoms. The molecule has 1 aliphatic carbocycles. The van der Waals surface area contributed by atoms with Gasteiger partial charge >= 0.3 is 5.97 Å². The van der Waals surface area contributed by atoms with Gasteiger partial charge in [0, 0.05) is 28.6 Å². The zero-order valence-electron chi connectivity index (χ0n) is 24.4. The number of carboxylic acids is 1. The van der Waals surface area contributed by atoms with Crippen molar-refractivity contribution in [1.29, 1.82) is 0 Å². The first-order valence-corrected chi connectivity index (χ1v) is 14.8. The molecule has 0 bridgehead atoms. The molecule has 0 fully saturated rings. The zero-order valence-corrected chi connectivity index (χ0v) is 24.4. The Balaban J connectivity index is 1.63. The van der Waals surface area contributed by atoms with Crippen LogP contribution in [-0.4, -0.2) is 16.2 Å². The van der Waals surface area contributed by atoms with Crippen molar-refractivity contribution < 1.29 is 28.2 Å². The van der Waals surface area contributed by atoms with E-state index in [2.05, 4.69) is 0 Å². The first-order valence-electron chi connectivity index (χ1n) is 14.8. The van der Waals surface area contributed by atoms with Gasteiger partial charge in [-0.15, -0.1) is 0 Å². The summed E-state index contributed by atoms with van der Waals surface area (Å²) in [6, 6.07) is 34.7. The molecule has 0 saturated carbocycles.